The van der Waals surface area contributed by atoms with Crippen LogP contribution in [0.4, 0.5) is 11.5 Å². The normalized spacial score (nSPS) is 15.8. The lowest BCUT2D eigenvalue weighted by Gasteiger charge is -2.31. The van der Waals surface area contributed by atoms with Gasteiger partial charge in [0.25, 0.3) is 5.91 Å². The van der Waals surface area contributed by atoms with Crippen molar-refractivity contribution >= 4 is 17.4 Å². The second-order valence-corrected chi connectivity index (χ2v) is 8.21. The third kappa shape index (κ3) is 4.40. The van der Waals surface area contributed by atoms with Gasteiger partial charge in [-0.15, -0.1) is 0 Å². The lowest BCUT2D eigenvalue weighted by Crippen LogP contribution is -2.33. The number of hydrogen-bond donors (Lipinski definition) is 1. The number of hydrogen-bond acceptors (Lipinski definition) is 4. The molecule has 0 spiro atoms. The molecule has 1 aliphatic rings. The van der Waals surface area contributed by atoms with E-state index in [0.29, 0.717) is 5.69 Å². The molecule has 5 heteroatoms. The Labute approximate surface area is 155 Å². The fraction of sp³-hybridized carbons (Fsp3) is 0.476. The Hall–Kier alpha value is -2.43. The molecule has 1 N–H and O–H groups in total. The van der Waals surface area contributed by atoms with Gasteiger partial charge in [-0.3, -0.25) is 4.79 Å². The van der Waals surface area contributed by atoms with Crippen LogP contribution in [-0.4, -0.2) is 29.0 Å². The Morgan fingerprint density at radius 2 is 1.77 bits per heavy atom. The van der Waals surface area contributed by atoms with Crippen molar-refractivity contribution in [3.63, 3.8) is 0 Å². The van der Waals surface area contributed by atoms with Crippen LogP contribution in [0, 0.1) is 5.92 Å². The molecule has 1 aromatic heterocycles. The number of amides is 1. The molecule has 0 unspecified atom stereocenters. The van der Waals surface area contributed by atoms with E-state index in [-0.39, 0.29) is 11.3 Å². The second-order valence-electron chi connectivity index (χ2n) is 8.21. The molecule has 1 aromatic carbocycles. The average molecular weight is 352 g/mol. The molecule has 1 fully saturated rings. The quantitative estimate of drug-likeness (QED) is 0.896. The van der Waals surface area contributed by atoms with Crippen LogP contribution >= 0.6 is 0 Å². The molecule has 0 atom stereocenters. The van der Waals surface area contributed by atoms with Crippen LogP contribution in [-0.2, 0) is 5.41 Å². The standard InChI is InChI=1S/C21H28N4O/c1-15-9-11-25(12-10-15)19-13-18(22-14-23-19)20(26)24-17-7-5-16(6-8-17)21(2,3)4/h5-8,13-15H,9-12H2,1-4H3,(H,24,26). The van der Waals surface area contributed by atoms with Gasteiger partial charge >= 0.3 is 0 Å². The SMILES string of the molecule is CC1CCN(c2cc(C(=O)Nc3ccc(C(C)(C)C)cc3)ncn2)CC1. The van der Waals surface area contributed by atoms with Crippen molar-refractivity contribution < 1.29 is 4.79 Å². The Morgan fingerprint density at radius 3 is 2.38 bits per heavy atom. The number of piperidine rings is 1. The Balaban J connectivity index is 1.69. The smallest absolute Gasteiger partial charge is 0.274 e. The van der Waals surface area contributed by atoms with Gasteiger partial charge in [0.15, 0.2) is 0 Å². The Morgan fingerprint density at radius 1 is 1.12 bits per heavy atom. The predicted molar refractivity (Wildman–Crippen MR) is 106 cm³/mol. The van der Waals surface area contributed by atoms with Crippen molar-refractivity contribution in [2.45, 2.75) is 46.0 Å². The van der Waals surface area contributed by atoms with Gasteiger partial charge in [-0.05, 0) is 41.9 Å². The molecule has 0 bridgehead atoms. The van der Waals surface area contributed by atoms with E-state index in [2.05, 4.69) is 60.0 Å². The maximum atomic E-state index is 12.6. The van der Waals surface area contributed by atoms with E-state index in [4.69, 9.17) is 0 Å². The summed E-state index contributed by atoms with van der Waals surface area (Å²) in [4.78, 5) is 23.3. The summed E-state index contributed by atoms with van der Waals surface area (Å²) in [5, 5.41) is 2.93. The largest absolute Gasteiger partial charge is 0.356 e. The maximum absolute atomic E-state index is 12.6. The molecule has 26 heavy (non-hydrogen) atoms. The van der Waals surface area contributed by atoms with Crippen LogP contribution in [0.3, 0.4) is 0 Å². The molecule has 0 saturated carbocycles. The van der Waals surface area contributed by atoms with E-state index in [1.165, 1.54) is 11.9 Å². The third-order valence-corrected chi connectivity index (χ3v) is 5.00. The molecule has 0 aliphatic carbocycles. The molecular formula is C21H28N4O. The van der Waals surface area contributed by atoms with Crippen LogP contribution < -0.4 is 10.2 Å². The number of nitrogens with one attached hydrogen (secondary N) is 1. The lowest BCUT2D eigenvalue weighted by molar-refractivity contribution is 0.102. The van der Waals surface area contributed by atoms with E-state index < -0.39 is 0 Å². The molecule has 1 amide bonds. The van der Waals surface area contributed by atoms with Crippen LogP contribution in [0.2, 0.25) is 0 Å². The van der Waals surface area contributed by atoms with E-state index in [1.807, 2.05) is 12.1 Å². The minimum Gasteiger partial charge on any atom is -0.356 e. The fourth-order valence-corrected chi connectivity index (χ4v) is 3.13. The zero-order chi connectivity index (χ0) is 18.7. The van der Waals surface area contributed by atoms with Gasteiger partial charge in [0, 0.05) is 24.8 Å². The molecule has 0 radical (unpaired) electrons. The first-order valence-corrected chi connectivity index (χ1v) is 9.32. The fourth-order valence-electron chi connectivity index (χ4n) is 3.13. The van der Waals surface area contributed by atoms with E-state index in [1.54, 1.807) is 6.07 Å². The highest BCUT2D eigenvalue weighted by Gasteiger charge is 2.19. The Kier molecular flexibility index (Phi) is 5.25. The zero-order valence-corrected chi connectivity index (χ0v) is 16.1. The number of rotatable bonds is 3. The van der Waals surface area contributed by atoms with Gasteiger partial charge < -0.3 is 10.2 Å². The van der Waals surface area contributed by atoms with Gasteiger partial charge in [0.2, 0.25) is 0 Å². The highest BCUT2D eigenvalue weighted by atomic mass is 16.1. The first-order chi connectivity index (χ1) is 12.3. The van der Waals surface area contributed by atoms with Gasteiger partial charge in [-0.1, -0.05) is 39.8 Å². The number of carbonyl (C=O) groups excluding carboxylic acids is 1. The number of carbonyl (C=O) groups is 1. The number of nitrogens with zero attached hydrogens (tertiary/aromatic N) is 3. The maximum Gasteiger partial charge on any atom is 0.274 e. The number of anilines is 2. The van der Waals surface area contributed by atoms with E-state index in [9.17, 15) is 4.79 Å². The Bertz CT molecular complexity index is 756. The molecule has 2 heterocycles. The lowest BCUT2D eigenvalue weighted by atomic mass is 9.87. The third-order valence-electron chi connectivity index (χ3n) is 5.00. The molecule has 3 rings (SSSR count). The summed E-state index contributed by atoms with van der Waals surface area (Å²) in [5.41, 5.74) is 2.50. The summed E-state index contributed by atoms with van der Waals surface area (Å²) < 4.78 is 0. The van der Waals surface area contributed by atoms with Gasteiger partial charge in [-0.2, -0.15) is 0 Å². The van der Waals surface area contributed by atoms with Crippen LogP contribution in [0.25, 0.3) is 0 Å². The summed E-state index contributed by atoms with van der Waals surface area (Å²) in [6, 6.07) is 9.76. The van der Waals surface area contributed by atoms with Crippen molar-refractivity contribution in [1.82, 2.24) is 9.97 Å². The van der Waals surface area contributed by atoms with Gasteiger partial charge in [0.05, 0.1) is 0 Å². The first kappa shape index (κ1) is 18.4. The molecule has 1 aliphatic heterocycles. The van der Waals surface area contributed by atoms with Crippen LogP contribution in [0.1, 0.15) is 56.6 Å². The van der Waals surface area contributed by atoms with Crippen LogP contribution in [0.15, 0.2) is 36.7 Å². The molecule has 1 saturated heterocycles. The van der Waals surface area contributed by atoms with Gasteiger partial charge in [0.1, 0.15) is 17.8 Å². The van der Waals surface area contributed by atoms with Crippen molar-refractivity contribution in [1.29, 1.82) is 0 Å². The van der Waals surface area contributed by atoms with E-state index in [0.717, 1.165) is 43.4 Å². The summed E-state index contributed by atoms with van der Waals surface area (Å²) in [6.07, 6.45) is 3.79. The predicted octanol–water partition coefficient (Wildman–Crippen LogP) is 4.26. The van der Waals surface area contributed by atoms with Crippen molar-refractivity contribution in [2.24, 2.45) is 5.92 Å². The van der Waals surface area contributed by atoms with Crippen LogP contribution in [0.5, 0.6) is 0 Å². The molecule has 5 nitrogen and oxygen atoms in total. The topological polar surface area (TPSA) is 58.1 Å². The van der Waals surface area contributed by atoms with Crippen molar-refractivity contribution in [2.75, 3.05) is 23.3 Å². The molecule has 2 aromatic rings. The summed E-state index contributed by atoms with van der Waals surface area (Å²) >= 11 is 0. The average Bonchev–Trinajstić information content (AvgIpc) is 2.62. The first-order valence-electron chi connectivity index (χ1n) is 9.32. The minimum absolute atomic E-state index is 0.0933. The number of benzene rings is 1. The second kappa shape index (κ2) is 7.44. The van der Waals surface area contributed by atoms with Crippen molar-refractivity contribution in [3.05, 3.63) is 47.9 Å². The monoisotopic (exact) mass is 352 g/mol. The summed E-state index contributed by atoms with van der Waals surface area (Å²) in [5.74, 6) is 1.38. The minimum atomic E-state index is -0.206. The summed E-state index contributed by atoms with van der Waals surface area (Å²) in [6.45, 7) is 10.8. The zero-order valence-electron chi connectivity index (χ0n) is 16.1. The molecule has 138 valence electrons. The highest BCUT2D eigenvalue weighted by molar-refractivity contribution is 6.03. The van der Waals surface area contributed by atoms with E-state index >= 15 is 0 Å². The van der Waals surface area contributed by atoms with Gasteiger partial charge in [-0.25, -0.2) is 9.97 Å². The number of aromatic nitrogens is 2. The van der Waals surface area contributed by atoms with Crippen molar-refractivity contribution in [3.8, 4) is 0 Å². The molecular weight excluding hydrogens is 324 g/mol. The highest BCUT2D eigenvalue weighted by Crippen LogP contribution is 2.24. The summed E-state index contributed by atoms with van der Waals surface area (Å²) in [7, 11) is 0.